The molecule has 0 saturated carbocycles. The van der Waals surface area contributed by atoms with Gasteiger partial charge >= 0.3 is 5.82 Å². The molecule has 57 valence electrons. The lowest BCUT2D eigenvalue weighted by atomic mass is 10.8. The Morgan fingerprint density at radius 2 is 2.09 bits per heavy atom. The molecule has 0 aliphatic carbocycles. The summed E-state index contributed by atoms with van der Waals surface area (Å²) in [6, 6.07) is 0. The lowest BCUT2D eigenvalue weighted by Crippen LogP contribution is -2.13. The second kappa shape index (κ2) is 2.28. The van der Waals surface area contributed by atoms with E-state index in [-0.39, 0.29) is 4.79 Å². The predicted octanol–water partition coefficient (Wildman–Crippen LogP) is -0.974. The third kappa shape index (κ3) is 1.10. The van der Waals surface area contributed by atoms with E-state index in [1.54, 1.807) is 6.20 Å². The number of nitrogens with zero attached hydrogens (tertiary/aromatic N) is 5. The van der Waals surface area contributed by atoms with Gasteiger partial charge in [0.1, 0.15) is 0 Å². The maximum atomic E-state index is 9.96. The van der Waals surface area contributed by atoms with Crippen molar-refractivity contribution in [1.82, 2.24) is 15.1 Å². The summed E-state index contributed by atoms with van der Waals surface area (Å²) in [7, 11) is 0. The maximum Gasteiger partial charge on any atom is 0.451 e. The van der Waals surface area contributed by atoms with Crippen LogP contribution in [0.2, 0.25) is 0 Å². The Kier molecular flexibility index (Phi) is 1.46. The zero-order chi connectivity index (χ0) is 8.43. The van der Waals surface area contributed by atoms with E-state index in [4.69, 9.17) is 0 Å². The van der Waals surface area contributed by atoms with Gasteiger partial charge in [-0.1, -0.05) is 0 Å². The molecule has 9 heteroatoms. The molecule has 0 spiro atoms. The summed E-state index contributed by atoms with van der Waals surface area (Å²) in [5.74, 6) is -0.894. The summed E-state index contributed by atoms with van der Waals surface area (Å²) in [6.45, 7) is 0. The summed E-state index contributed by atoms with van der Waals surface area (Å²) < 4.78 is 0. The van der Waals surface area contributed by atoms with E-state index in [0.717, 1.165) is 0 Å². The molecular weight excluding hydrogens is 158 g/mol. The molecule has 0 aromatic carbocycles. The number of hydrogen-bond donors (Lipinski definition) is 0. The lowest BCUT2D eigenvalue weighted by Gasteiger charge is -1.86. The van der Waals surface area contributed by atoms with Gasteiger partial charge in [0.2, 0.25) is 4.79 Å². The summed E-state index contributed by atoms with van der Waals surface area (Å²) in [6.07, 6.45) is 1.75. The maximum absolute atomic E-state index is 9.96. The second-order valence-corrected chi connectivity index (χ2v) is 1.41. The first kappa shape index (κ1) is 7.05. The third-order valence-electron chi connectivity index (χ3n) is 0.797. The van der Waals surface area contributed by atoms with Gasteiger partial charge in [-0.05, 0) is 4.92 Å². The fourth-order valence-corrected chi connectivity index (χ4v) is 0.420. The van der Waals surface area contributed by atoms with E-state index in [0.29, 0.717) is 0 Å². The Labute approximate surface area is 58.5 Å². The van der Waals surface area contributed by atoms with E-state index in [1.807, 2.05) is 0 Å². The molecule has 0 fully saturated rings. The Hall–Kier alpha value is -2.06. The average Bonchev–Trinajstić information content (AvgIpc) is 2.32. The van der Waals surface area contributed by atoms with Gasteiger partial charge in [0, 0.05) is 5.10 Å². The normalized spacial score (nSPS) is 9.45. The lowest BCUT2D eigenvalue weighted by molar-refractivity contribution is -0.570. The summed E-state index contributed by atoms with van der Waals surface area (Å²) >= 11 is 0. The molecule has 1 heterocycles. The van der Waals surface area contributed by atoms with Gasteiger partial charge in [-0.25, -0.2) is 0 Å². The zero-order valence-corrected chi connectivity index (χ0v) is 4.87. The smallest absolute Gasteiger partial charge is 0.358 e. The molecule has 0 aliphatic heterocycles. The van der Waals surface area contributed by atoms with Crippen LogP contribution in [0.1, 0.15) is 0 Å². The van der Waals surface area contributed by atoms with Crippen molar-refractivity contribution in [3.8, 4) is 0 Å². The summed E-state index contributed by atoms with van der Waals surface area (Å²) in [5, 5.41) is 24.5. The topological polar surface area (TPSA) is 117 Å². The van der Waals surface area contributed by atoms with Crippen molar-refractivity contribution >= 4 is 5.82 Å². The van der Waals surface area contributed by atoms with Crippen molar-refractivity contribution in [2.75, 3.05) is 0 Å². The highest BCUT2D eigenvalue weighted by molar-refractivity contribution is 5.06. The molecule has 9 nitrogen and oxygen atoms in total. The molecule has 1 radical (unpaired) electrons. The van der Waals surface area contributed by atoms with Crippen LogP contribution in [-0.2, 0) is 0 Å². The standard InChI is InChI=1S/C2N5O4/c8-6(9)2-1-3-4-5(2)7(10)11. The molecule has 1 aromatic heterocycles. The van der Waals surface area contributed by atoms with E-state index in [9.17, 15) is 20.2 Å². The molecule has 11 heavy (non-hydrogen) atoms. The van der Waals surface area contributed by atoms with Gasteiger partial charge in [0.05, 0.1) is 0 Å². The van der Waals surface area contributed by atoms with E-state index < -0.39 is 15.8 Å². The summed E-state index contributed by atoms with van der Waals surface area (Å²) in [5.41, 5.74) is 0. The zero-order valence-electron chi connectivity index (χ0n) is 4.87. The predicted molar refractivity (Wildman–Crippen MR) is 27.9 cm³/mol. The van der Waals surface area contributed by atoms with Crippen LogP contribution in [0.4, 0.5) is 5.82 Å². The first-order valence-corrected chi connectivity index (χ1v) is 2.25. The van der Waals surface area contributed by atoms with Crippen molar-refractivity contribution in [2.24, 2.45) is 0 Å². The van der Waals surface area contributed by atoms with E-state index in [1.165, 1.54) is 0 Å². The largest absolute Gasteiger partial charge is 0.451 e. The van der Waals surface area contributed by atoms with Crippen LogP contribution in [-0.4, -0.2) is 25.1 Å². The van der Waals surface area contributed by atoms with Crippen LogP contribution in [0.3, 0.4) is 0 Å². The van der Waals surface area contributed by atoms with Crippen LogP contribution in [0, 0.1) is 26.4 Å². The first-order valence-electron chi connectivity index (χ1n) is 2.25. The summed E-state index contributed by atoms with van der Waals surface area (Å²) in [4.78, 5) is 18.8. The minimum Gasteiger partial charge on any atom is -0.358 e. The Morgan fingerprint density at radius 3 is 2.45 bits per heavy atom. The fourth-order valence-electron chi connectivity index (χ4n) is 0.420. The third-order valence-corrected chi connectivity index (χ3v) is 0.797. The fraction of sp³-hybridized carbons (Fsp3) is 0. The molecule has 0 bridgehead atoms. The highest BCUT2D eigenvalue weighted by atomic mass is 16.7. The van der Waals surface area contributed by atoms with Gasteiger partial charge in [-0.2, -0.15) is 0 Å². The minimum atomic E-state index is -1.07. The number of nitro groups is 2. The number of aromatic nitrogens is 3. The Balaban J connectivity index is 3.16. The second-order valence-electron chi connectivity index (χ2n) is 1.41. The molecule has 1 rings (SSSR count). The minimum absolute atomic E-state index is 0.0694. The van der Waals surface area contributed by atoms with Crippen molar-refractivity contribution < 1.29 is 9.96 Å². The highest BCUT2D eigenvalue weighted by Crippen LogP contribution is 2.04. The molecule has 0 unspecified atom stereocenters. The molecule has 0 N–H and O–H groups in total. The van der Waals surface area contributed by atoms with Crippen LogP contribution >= 0.6 is 0 Å². The monoisotopic (exact) mass is 158 g/mol. The van der Waals surface area contributed by atoms with Gasteiger partial charge in [-0.3, -0.25) is 0 Å². The van der Waals surface area contributed by atoms with Crippen molar-refractivity contribution in [3.63, 3.8) is 0 Å². The SMILES string of the molecule is O=[N+]([O-])c1[c]nnn1[N+](=O)[O-]. The van der Waals surface area contributed by atoms with Crippen molar-refractivity contribution in [3.05, 3.63) is 26.4 Å². The average molecular weight is 158 g/mol. The first-order chi connectivity index (χ1) is 5.13. The molecule has 0 atom stereocenters. The highest BCUT2D eigenvalue weighted by Gasteiger charge is 2.26. The van der Waals surface area contributed by atoms with Crippen molar-refractivity contribution in [2.45, 2.75) is 0 Å². The Bertz CT molecular complexity index is 275. The van der Waals surface area contributed by atoms with Crippen LogP contribution in [0.5, 0.6) is 0 Å². The Morgan fingerprint density at radius 1 is 1.45 bits per heavy atom. The molecule has 0 aliphatic rings. The van der Waals surface area contributed by atoms with E-state index >= 15 is 0 Å². The molecule has 0 saturated heterocycles. The van der Waals surface area contributed by atoms with Crippen LogP contribution in [0.15, 0.2) is 0 Å². The number of hydrogen-bond acceptors (Lipinski definition) is 6. The van der Waals surface area contributed by atoms with Crippen LogP contribution in [0.25, 0.3) is 0 Å². The van der Waals surface area contributed by atoms with Gasteiger partial charge in [-0.15, -0.1) is 0 Å². The number of rotatable bonds is 2. The van der Waals surface area contributed by atoms with Gasteiger partial charge < -0.3 is 20.2 Å². The van der Waals surface area contributed by atoms with Gasteiger partial charge in [0.25, 0.3) is 11.4 Å². The molecule has 0 amide bonds. The molecule has 1 aromatic rings. The van der Waals surface area contributed by atoms with Gasteiger partial charge in [0.15, 0.2) is 5.03 Å². The molecular formula is C2N5O4. The van der Waals surface area contributed by atoms with Crippen LogP contribution < -0.4 is 0 Å². The quantitative estimate of drug-likeness (QED) is 0.403. The van der Waals surface area contributed by atoms with E-state index in [2.05, 4.69) is 10.3 Å². The van der Waals surface area contributed by atoms with Crippen molar-refractivity contribution in [1.29, 1.82) is 0 Å².